The summed E-state index contributed by atoms with van der Waals surface area (Å²) in [6.07, 6.45) is 0. The maximum Gasteiger partial charge on any atom is 0.313 e. The molecular weight excluding hydrogens is 252 g/mol. The summed E-state index contributed by atoms with van der Waals surface area (Å²) in [5.41, 5.74) is 1.43. The van der Waals surface area contributed by atoms with E-state index in [-0.39, 0.29) is 11.3 Å². The SMILES string of the molecule is Cc1ccc2nc(SCC(=O)O)n(C)c(=O)c2c1. The largest absolute Gasteiger partial charge is 0.481 e. The van der Waals surface area contributed by atoms with Gasteiger partial charge in [0.15, 0.2) is 5.16 Å². The molecule has 0 aliphatic heterocycles. The summed E-state index contributed by atoms with van der Waals surface area (Å²) in [4.78, 5) is 27.0. The minimum atomic E-state index is -0.932. The average Bonchev–Trinajstić information content (AvgIpc) is 2.32. The zero-order valence-electron chi connectivity index (χ0n) is 10.0. The van der Waals surface area contributed by atoms with Crippen molar-refractivity contribution in [1.82, 2.24) is 9.55 Å². The molecule has 0 aliphatic rings. The summed E-state index contributed by atoms with van der Waals surface area (Å²) in [5.74, 6) is -1.05. The second-order valence-corrected chi connectivity index (χ2v) is 4.90. The first kappa shape index (κ1) is 12.6. The van der Waals surface area contributed by atoms with Crippen LogP contribution < -0.4 is 5.56 Å². The van der Waals surface area contributed by atoms with Crippen LogP contribution in [0.2, 0.25) is 0 Å². The number of benzene rings is 1. The number of carbonyl (C=O) groups is 1. The molecular formula is C12H12N2O3S. The highest BCUT2D eigenvalue weighted by atomic mass is 32.2. The van der Waals surface area contributed by atoms with E-state index in [0.29, 0.717) is 16.1 Å². The van der Waals surface area contributed by atoms with Crippen molar-refractivity contribution in [2.45, 2.75) is 12.1 Å². The van der Waals surface area contributed by atoms with Gasteiger partial charge in [-0.2, -0.15) is 0 Å². The van der Waals surface area contributed by atoms with Crippen molar-refractivity contribution in [3.63, 3.8) is 0 Å². The second kappa shape index (κ2) is 4.81. The Labute approximate surface area is 107 Å². The van der Waals surface area contributed by atoms with Gasteiger partial charge in [-0.05, 0) is 19.1 Å². The molecule has 1 aromatic heterocycles. The smallest absolute Gasteiger partial charge is 0.313 e. The fourth-order valence-corrected chi connectivity index (χ4v) is 2.31. The Morgan fingerprint density at radius 2 is 2.22 bits per heavy atom. The Hall–Kier alpha value is -1.82. The third kappa shape index (κ3) is 2.38. The van der Waals surface area contributed by atoms with Crippen LogP contribution in [0.3, 0.4) is 0 Å². The molecule has 0 unspecified atom stereocenters. The van der Waals surface area contributed by atoms with Gasteiger partial charge < -0.3 is 5.11 Å². The lowest BCUT2D eigenvalue weighted by Crippen LogP contribution is -2.20. The molecule has 0 fully saturated rings. The highest BCUT2D eigenvalue weighted by Crippen LogP contribution is 2.17. The van der Waals surface area contributed by atoms with E-state index in [1.807, 2.05) is 13.0 Å². The lowest BCUT2D eigenvalue weighted by molar-refractivity contribution is -0.133. The first-order valence-electron chi connectivity index (χ1n) is 5.31. The molecule has 0 radical (unpaired) electrons. The Bertz CT molecular complexity index is 679. The van der Waals surface area contributed by atoms with Crippen molar-refractivity contribution in [2.75, 3.05) is 5.75 Å². The number of carboxylic acids is 1. The Morgan fingerprint density at radius 1 is 1.50 bits per heavy atom. The molecule has 5 nitrogen and oxygen atoms in total. The van der Waals surface area contributed by atoms with Crippen LogP contribution in [-0.2, 0) is 11.8 Å². The van der Waals surface area contributed by atoms with Crippen LogP contribution in [0.1, 0.15) is 5.56 Å². The maximum atomic E-state index is 12.1. The number of rotatable bonds is 3. The van der Waals surface area contributed by atoms with Gasteiger partial charge in [0.05, 0.1) is 16.7 Å². The van der Waals surface area contributed by atoms with E-state index < -0.39 is 5.97 Å². The van der Waals surface area contributed by atoms with E-state index in [0.717, 1.165) is 17.3 Å². The molecule has 2 rings (SSSR count). The maximum absolute atomic E-state index is 12.1. The lowest BCUT2D eigenvalue weighted by atomic mass is 10.2. The quantitative estimate of drug-likeness (QED) is 0.670. The predicted octanol–water partition coefficient (Wildman–Crippen LogP) is 1.42. The summed E-state index contributed by atoms with van der Waals surface area (Å²) in [6, 6.07) is 5.44. The van der Waals surface area contributed by atoms with Crippen LogP contribution in [0.15, 0.2) is 28.2 Å². The predicted molar refractivity (Wildman–Crippen MR) is 70.1 cm³/mol. The molecule has 94 valence electrons. The molecule has 0 saturated heterocycles. The van der Waals surface area contributed by atoms with Crippen molar-refractivity contribution >= 4 is 28.6 Å². The fraction of sp³-hybridized carbons (Fsp3) is 0.250. The number of aromatic nitrogens is 2. The standard InChI is InChI=1S/C12H12N2O3S/c1-7-3-4-9-8(5-7)11(17)14(2)12(13-9)18-6-10(15)16/h3-5H,6H2,1-2H3,(H,15,16). The number of fused-ring (bicyclic) bond motifs is 1. The van der Waals surface area contributed by atoms with E-state index in [1.165, 1.54) is 4.57 Å². The highest BCUT2D eigenvalue weighted by Gasteiger charge is 2.10. The summed E-state index contributed by atoms with van der Waals surface area (Å²) in [6.45, 7) is 1.91. The first-order valence-corrected chi connectivity index (χ1v) is 6.29. The van der Waals surface area contributed by atoms with Crippen LogP contribution in [0.25, 0.3) is 10.9 Å². The minimum absolute atomic E-state index is 0.113. The van der Waals surface area contributed by atoms with Gasteiger partial charge in [0.25, 0.3) is 5.56 Å². The number of hydrogen-bond donors (Lipinski definition) is 1. The van der Waals surface area contributed by atoms with E-state index in [1.54, 1.807) is 19.2 Å². The van der Waals surface area contributed by atoms with E-state index in [2.05, 4.69) is 4.98 Å². The summed E-state index contributed by atoms with van der Waals surface area (Å²) >= 11 is 1.04. The molecule has 0 spiro atoms. The van der Waals surface area contributed by atoms with Crippen molar-refractivity contribution in [3.05, 3.63) is 34.1 Å². The fourth-order valence-electron chi connectivity index (χ4n) is 1.62. The molecule has 6 heteroatoms. The molecule has 1 N–H and O–H groups in total. The lowest BCUT2D eigenvalue weighted by Gasteiger charge is -2.07. The van der Waals surface area contributed by atoms with E-state index in [9.17, 15) is 9.59 Å². The number of nitrogens with zero attached hydrogens (tertiary/aromatic N) is 2. The van der Waals surface area contributed by atoms with Gasteiger partial charge in [-0.15, -0.1) is 0 Å². The Balaban J connectivity index is 2.57. The van der Waals surface area contributed by atoms with E-state index >= 15 is 0 Å². The van der Waals surface area contributed by atoms with Crippen molar-refractivity contribution in [1.29, 1.82) is 0 Å². The van der Waals surface area contributed by atoms with Gasteiger partial charge in [0.2, 0.25) is 0 Å². The molecule has 0 bridgehead atoms. The summed E-state index contributed by atoms with van der Waals surface area (Å²) < 4.78 is 1.38. The average molecular weight is 264 g/mol. The number of thioether (sulfide) groups is 1. The number of aryl methyl sites for hydroxylation is 1. The third-order valence-electron chi connectivity index (χ3n) is 2.51. The summed E-state index contributed by atoms with van der Waals surface area (Å²) in [5, 5.41) is 9.62. The minimum Gasteiger partial charge on any atom is -0.481 e. The Kier molecular flexibility index (Phi) is 3.38. The van der Waals surface area contributed by atoms with Crippen molar-refractivity contribution in [3.8, 4) is 0 Å². The van der Waals surface area contributed by atoms with Gasteiger partial charge in [0.1, 0.15) is 0 Å². The normalized spacial score (nSPS) is 10.8. The molecule has 0 atom stereocenters. The second-order valence-electron chi connectivity index (χ2n) is 3.96. The number of carboxylic acid groups (broad SMARTS) is 1. The molecule has 0 amide bonds. The van der Waals surface area contributed by atoms with Crippen molar-refractivity contribution in [2.24, 2.45) is 7.05 Å². The van der Waals surface area contributed by atoms with Crippen LogP contribution in [0.5, 0.6) is 0 Å². The molecule has 2 aromatic rings. The molecule has 1 aromatic carbocycles. The first-order chi connectivity index (χ1) is 8.49. The Morgan fingerprint density at radius 3 is 2.89 bits per heavy atom. The van der Waals surface area contributed by atoms with Crippen molar-refractivity contribution < 1.29 is 9.90 Å². The third-order valence-corrected chi connectivity index (χ3v) is 3.53. The zero-order valence-corrected chi connectivity index (χ0v) is 10.8. The van der Waals surface area contributed by atoms with Crippen LogP contribution in [0, 0.1) is 6.92 Å². The summed E-state index contributed by atoms with van der Waals surface area (Å²) in [7, 11) is 1.60. The van der Waals surface area contributed by atoms with Gasteiger partial charge in [-0.1, -0.05) is 23.4 Å². The molecule has 1 heterocycles. The monoisotopic (exact) mass is 264 g/mol. The van der Waals surface area contributed by atoms with Gasteiger partial charge in [-0.25, -0.2) is 4.98 Å². The molecule has 0 saturated carbocycles. The highest BCUT2D eigenvalue weighted by molar-refractivity contribution is 7.99. The van der Waals surface area contributed by atoms with Crippen LogP contribution >= 0.6 is 11.8 Å². The van der Waals surface area contributed by atoms with Crippen LogP contribution in [-0.4, -0.2) is 26.4 Å². The molecule has 18 heavy (non-hydrogen) atoms. The van der Waals surface area contributed by atoms with Gasteiger partial charge >= 0.3 is 5.97 Å². The zero-order chi connectivity index (χ0) is 13.3. The van der Waals surface area contributed by atoms with Gasteiger partial charge in [0, 0.05) is 7.05 Å². The van der Waals surface area contributed by atoms with Crippen LogP contribution in [0.4, 0.5) is 0 Å². The number of aliphatic carboxylic acids is 1. The van der Waals surface area contributed by atoms with E-state index in [4.69, 9.17) is 5.11 Å². The number of hydrogen-bond acceptors (Lipinski definition) is 4. The molecule has 0 aliphatic carbocycles. The van der Waals surface area contributed by atoms with Gasteiger partial charge in [-0.3, -0.25) is 14.2 Å². The topological polar surface area (TPSA) is 72.2 Å².